The van der Waals surface area contributed by atoms with Gasteiger partial charge in [-0.15, -0.1) is 0 Å². The van der Waals surface area contributed by atoms with E-state index in [9.17, 15) is 4.79 Å². The monoisotopic (exact) mass is 217 g/mol. The summed E-state index contributed by atoms with van der Waals surface area (Å²) in [6.45, 7) is 1.75. The number of nitrogens with one attached hydrogen (secondary N) is 1. The molecule has 0 bridgehead atoms. The number of hydrogen-bond donors (Lipinski definition) is 2. The second-order valence-electron chi connectivity index (χ2n) is 4.14. The van der Waals surface area contributed by atoms with Gasteiger partial charge in [-0.1, -0.05) is 25.1 Å². The predicted octanol–water partition coefficient (Wildman–Crippen LogP) is 2.82. The van der Waals surface area contributed by atoms with E-state index in [4.69, 9.17) is 5.11 Å². The molecule has 0 amide bonds. The number of carbonyl (C=O) groups is 1. The van der Waals surface area contributed by atoms with Crippen molar-refractivity contribution in [2.45, 2.75) is 19.8 Å². The molecule has 1 unspecified atom stereocenters. The summed E-state index contributed by atoms with van der Waals surface area (Å²) in [7, 11) is 0. The molecule has 0 saturated heterocycles. The Morgan fingerprint density at radius 1 is 1.44 bits per heavy atom. The minimum Gasteiger partial charge on any atom is -0.481 e. The Kier molecular flexibility index (Phi) is 2.95. The van der Waals surface area contributed by atoms with Crippen molar-refractivity contribution in [3.05, 3.63) is 36.0 Å². The second-order valence-corrected chi connectivity index (χ2v) is 4.14. The first kappa shape index (κ1) is 10.7. The molecule has 3 nitrogen and oxygen atoms in total. The third-order valence-corrected chi connectivity index (χ3v) is 2.94. The number of aromatic amines is 1. The normalized spacial score (nSPS) is 12.8. The fourth-order valence-electron chi connectivity index (χ4n) is 1.83. The van der Waals surface area contributed by atoms with E-state index in [1.165, 1.54) is 10.9 Å². The minimum absolute atomic E-state index is 0.284. The van der Waals surface area contributed by atoms with Gasteiger partial charge in [-0.3, -0.25) is 4.79 Å². The van der Waals surface area contributed by atoms with Crippen molar-refractivity contribution in [3.8, 4) is 0 Å². The van der Waals surface area contributed by atoms with Crippen LogP contribution in [0.15, 0.2) is 30.5 Å². The molecule has 1 heterocycles. The molecule has 0 aliphatic rings. The Labute approximate surface area is 94.1 Å². The van der Waals surface area contributed by atoms with E-state index in [2.05, 4.69) is 11.1 Å². The first-order valence-electron chi connectivity index (χ1n) is 5.46. The molecule has 0 aliphatic heterocycles. The number of aliphatic carboxylic acids is 1. The molecule has 1 atom stereocenters. The lowest BCUT2D eigenvalue weighted by atomic mass is 10.0. The number of para-hydroxylation sites is 1. The van der Waals surface area contributed by atoms with Crippen LogP contribution >= 0.6 is 0 Å². The molecule has 2 aromatic rings. The van der Waals surface area contributed by atoms with E-state index >= 15 is 0 Å². The Morgan fingerprint density at radius 2 is 2.19 bits per heavy atom. The van der Waals surface area contributed by atoms with Crippen molar-refractivity contribution >= 4 is 16.9 Å². The molecule has 0 saturated carbocycles. The lowest BCUT2D eigenvalue weighted by Crippen LogP contribution is -2.10. The van der Waals surface area contributed by atoms with Gasteiger partial charge in [-0.2, -0.15) is 0 Å². The molecule has 16 heavy (non-hydrogen) atoms. The first-order valence-corrected chi connectivity index (χ1v) is 5.46. The summed E-state index contributed by atoms with van der Waals surface area (Å²) in [4.78, 5) is 13.9. The molecule has 2 rings (SSSR count). The van der Waals surface area contributed by atoms with Crippen molar-refractivity contribution in [2.24, 2.45) is 5.92 Å². The van der Waals surface area contributed by atoms with Gasteiger partial charge in [0.2, 0.25) is 0 Å². The number of carboxylic acid groups (broad SMARTS) is 1. The van der Waals surface area contributed by atoms with E-state index in [0.29, 0.717) is 6.42 Å². The Hall–Kier alpha value is -1.77. The highest BCUT2D eigenvalue weighted by Crippen LogP contribution is 2.20. The summed E-state index contributed by atoms with van der Waals surface area (Å²) < 4.78 is 0. The summed E-state index contributed by atoms with van der Waals surface area (Å²) in [6.07, 6.45) is 3.45. The van der Waals surface area contributed by atoms with E-state index < -0.39 is 5.97 Å². The van der Waals surface area contributed by atoms with Gasteiger partial charge < -0.3 is 10.1 Å². The van der Waals surface area contributed by atoms with Gasteiger partial charge in [-0.05, 0) is 24.5 Å². The van der Waals surface area contributed by atoms with Crippen LogP contribution in [0.4, 0.5) is 0 Å². The Bertz CT molecular complexity index is 501. The third-order valence-electron chi connectivity index (χ3n) is 2.94. The SMILES string of the molecule is CC(CCc1c[nH]c2ccccc12)C(=O)O. The lowest BCUT2D eigenvalue weighted by Gasteiger charge is -2.04. The quantitative estimate of drug-likeness (QED) is 0.827. The topological polar surface area (TPSA) is 53.1 Å². The number of hydrogen-bond acceptors (Lipinski definition) is 1. The Balaban J connectivity index is 2.13. The van der Waals surface area contributed by atoms with E-state index in [-0.39, 0.29) is 5.92 Å². The van der Waals surface area contributed by atoms with Crippen molar-refractivity contribution in [2.75, 3.05) is 0 Å². The number of aryl methyl sites for hydroxylation is 1. The highest BCUT2D eigenvalue weighted by atomic mass is 16.4. The summed E-state index contributed by atoms with van der Waals surface area (Å²) >= 11 is 0. The van der Waals surface area contributed by atoms with E-state index in [0.717, 1.165) is 11.9 Å². The van der Waals surface area contributed by atoms with Crippen molar-refractivity contribution < 1.29 is 9.90 Å². The molecule has 0 spiro atoms. The van der Waals surface area contributed by atoms with Gasteiger partial charge in [0.1, 0.15) is 0 Å². The van der Waals surface area contributed by atoms with Gasteiger partial charge in [0.15, 0.2) is 0 Å². The van der Waals surface area contributed by atoms with Crippen LogP contribution in [-0.4, -0.2) is 16.1 Å². The molecular weight excluding hydrogens is 202 g/mol. The standard InChI is InChI=1S/C13H15NO2/c1-9(13(15)16)6-7-10-8-14-12-5-3-2-4-11(10)12/h2-5,8-9,14H,6-7H2,1H3,(H,15,16). The smallest absolute Gasteiger partial charge is 0.306 e. The number of aromatic nitrogens is 1. The van der Waals surface area contributed by atoms with Crippen molar-refractivity contribution in [1.29, 1.82) is 0 Å². The largest absolute Gasteiger partial charge is 0.481 e. The zero-order valence-corrected chi connectivity index (χ0v) is 9.23. The summed E-state index contributed by atoms with van der Waals surface area (Å²) in [5.41, 5.74) is 2.31. The third kappa shape index (κ3) is 2.08. The van der Waals surface area contributed by atoms with Crippen LogP contribution in [0.1, 0.15) is 18.9 Å². The molecule has 0 radical (unpaired) electrons. The zero-order valence-electron chi connectivity index (χ0n) is 9.23. The number of fused-ring (bicyclic) bond motifs is 1. The maximum absolute atomic E-state index is 10.7. The van der Waals surface area contributed by atoms with Crippen LogP contribution < -0.4 is 0 Å². The highest BCUT2D eigenvalue weighted by molar-refractivity contribution is 5.83. The molecule has 84 valence electrons. The summed E-state index contributed by atoms with van der Waals surface area (Å²) in [5, 5.41) is 10.0. The zero-order chi connectivity index (χ0) is 11.5. The van der Waals surface area contributed by atoms with Crippen LogP contribution in [0.3, 0.4) is 0 Å². The molecule has 0 aliphatic carbocycles. The number of carboxylic acids is 1. The molecule has 1 aromatic heterocycles. The lowest BCUT2D eigenvalue weighted by molar-refractivity contribution is -0.141. The number of benzene rings is 1. The average Bonchev–Trinajstić information content (AvgIpc) is 2.69. The highest BCUT2D eigenvalue weighted by Gasteiger charge is 2.11. The van der Waals surface area contributed by atoms with Gasteiger partial charge >= 0.3 is 5.97 Å². The molecular formula is C13H15NO2. The van der Waals surface area contributed by atoms with Gasteiger partial charge in [0.25, 0.3) is 0 Å². The van der Waals surface area contributed by atoms with Crippen LogP contribution in [0.25, 0.3) is 10.9 Å². The van der Waals surface area contributed by atoms with Crippen LogP contribution in [0.2, 0.25) is 0 Å². The Morgan fingerprint density at radius 3 is 2.94 bits per heavy atom. The summed E-state index contributed by atoms with van der Waals surface area (Å²) in [6, 6.07) is 8.08. The van der Waals surface area contributed by atoms with Gasteiger partial charge in [0, 0.05) is 17.1 Å². The minimum atomic E-state index is -0.722. The molecule has 0 fully saturated rings. The molecule has 2 N–H and O–H groups in total. The van der Waals surface area contributed by atoms with Gasteiger partial charge in [-0.25, -0.2) is 0 Å². The number of rotatable bonds is 4. The van der Waals surface area contributed by atoms with E-state index in [1.54, 1.807) is 6.92 Å². The van der Waals surface area contributed by atoms with Crippen LogP contribution in [-0.2, 0) is 11.2 Å². The second kappa shape index (κ2) is 4.39. The van der Waals surface area contributed by atoms with Crippen molar-refractivity contribution in [3.63, 3.8) is 0 Å². The summed E-state index contributed by atoms with van der Waals surface area (Å²) in [5.74, 6) is -1.01. The van der Waals surface area contributed by atoms with Gasteiger partial charge in [0.05, 0.1) is 5.92 Å². The molecule has 1 aromatic carbocycles. The predicted molar refractivity (Wildman–Crippen MR) is 63.4 cm³/mol. The number of H-pyrrole nitrogens is 1. The maximum atomic E-state index is 10.7. The van der Waals surface area contributed by atoms with Crippen LogP contribution in [0.5, 0.6) is 0 Å². The maximum Gasteiger partial charge on any atom is 0.306 e. The fourth-order valence-corrected chi connectivity index (χ4v) is 1.83. The first-order chi connectivity index (χ1) is 7.68. The molecule has 3 heteroatoms. The van der Waals surface area contributed by atoms with E-state index in [1.807, 2.05) is 24.4 Å². The van der Waals surface area contributed by atoms with Crippen LogP contribution in [0, 0.1) is 5.92 Å². The van der Waals surface area contributed by atoms with Crippen molar-refractivity contribution in [1.82, 2.24) is 4.98 Å². The fraction of sp³-hybridized carbons (Fsp3) is 0.308. The average molecular weight is 217 g/mol.